The van der Waals surface area contributed by atoms with Crippen LogP contribution in [0.5, 0.6) is 0 Å². The molecule has 2 aromatic rings. The number of rotatable bonds is 6. The number of carbonyl (C=O) groups excluding carboxylic acids is 2. The highest BCUT2D eigenvalue weighted by Crippen LogP contribution is 2.39. The molecular weight excluding hydrogens is 338 g/mol. The van der Waals surface area contributed by atoms with Gasteiger partial charge in [0.15, 0.2) is 5.16 Å². The van der Waals surface area contributed by atoms with Crippen molar-refractivity contribution in [3.63, 3.8) is 0 Å². The predicted molar refractivity (Wildman–Crippen MR) is 97.7 cm³/mol. The number of nitrogens with one attached hydrogen (secondary N) is 2. The van der Waals surface area contributed by atoms with Crippen molar-refractivity contribution < 1.29 is 9.59 Å². The van der Waals surface area contributed by atoms with Gasteiger partial charge in [-0.2, -0.15) is 0 Å². The summed E-state index contributed by atoms with van der Waals surface area (Å²) in [5.74, 6) is 0.670. The van der Waals surface area contributed by atoms with E-state index in [1.54, 1.807) is 24.3 Å². The molecule has 0 radical (unpaired) electrons. The van der Waals surface area contributed by atoms with Crippen molar-refractivity contribution in [2.24, 2.45) is 0 Å². The number of benzene rings is 1. The lowest BCUT2D eigenvalue weighted by Gasteiger charge is -2.13. The number of nitrogens with zero attached hydrogens (tertiary/aromatic N) is 3. The number of anilines is 2. The maximum Gasteiger partial charge on any atom is 0.237 e. The molecule has 0 spiro atoms. The molecule has 2 amide bonds. The zero-order valence-corrected chi connectivity index (χ0v) is 15.3. The van der Waals surface area contributed by atoms with E-state index in [0.717, 1.165) is 23.8 Å². The van der Waals surface area contributed by atoms with Crippen LogP contribution in [0.3, 0.4) is 0 Å². The molecule has 1 aromatic heterocycles. The molecule has 2 N–H and O–H groups in total. The molecular formula is C17H21N5O2S. The second kappa shape index (κ2) is 7.26. The van der Waals surface area contributed by atoms with Gasteiger partial charge in [-0.15, -0.1) is 10.2 Å². The molecule has 1 heterocycles. The van der Waals surface area contributed by atoms with Crippen molar-refractivity contribution in [3.8, 4) is 0 Å². The average molecular weight is 359 g/mol. The molecule has 0 aliphatic heterocycles. The van der Waals surface area contributed by atoms with Gasteiger partial charge in [-0.3, -0.25) is 9.59 Å². The van der Waals surface area contributed by atoms with Crippen LogP contribution in [-0.4, -0.2) is 31.8 Å². The van der Waals surface area contributed by atoms with E-state index in [-0.39, 0.29) is 17.1 Å². The van der Waals surface area contributed by atoms with Crippen molar-refractivity contribution in [2.75, 3.05) is 10.6 Å². The summed E-state index contributed by atoms with van der Waals surface area (Å²) < 4.78 is 2.12. The van der Waals surface area contributed by atoms with Gasteiger partial charge >= 0.3 is 0 Å². The molecule has 1 aliphatic carbocycles. The molecule has 1 fully saturated rings. The molecule has 7 nitrogen and oxygen atoms in total. The Bertz CT molecular complexity index is 783. The Hall–Kier alpha value is -2.35. The standard InChI is InChI=1S/C17H21N5O2S/c1-10(25-17-21-20-11(2)22(17)15-8-9-15)16(24)19-14-6-4-13(5-7-14)18-12(3)23/h4-7,10,15H,8-9H2,1-3H3,(H,18,23)(H,19,24)/t10-/m1/s1. The number of carbonyl (C=O) groups is 2. The van der Waals surface area contributed by atoms with Gasteiger partial charge in [0.1, 0.15) is 5.82 Å². The van der Waals surface area contributed by atoms with Crippen LogP contribution in [0.2, 0.25) is 0 Å². The van der Waals surface area contributed by atoms with Crippen LogP contribution in [0.1, 0.15) is 38.6 Å². The first kappa shape index (κ1) is 17.5. The highest BCUT2D eigenvalue weighted by Gasteiger charge is 2.29. The number of amides is 2. The van der Waals surface area contributed by atoms with E-state index in [9.17, 15) is 9.59 Å². The SMILES string of the molecule is CC(=O)Nc1ccc(NC(=O)[C@@H](C)Sc2nnc(C)n2C2CC2)cc1. The summed E-state index contributed by atoms with van der Waals surface area (Å²) in [6, 6.07) is 7.51. The number of hydrogen-bond acceptors (Lipinski definition) is 5. The molecule has 8 heteroatoms. The molecule has 0 unspecified atom stereocenters. The first-order valence-electron chi connectivity index (χ1n) is 8.20. The summed E-state index contributed by atoms with van der Waals surface area (Å²) in [7, 11) is 0. The Morgan fingerprint density at radius 1 is 1.16 bits per heavy atom. The molecule has 1 atom stereocenters. The first-order valence-corrected chi connectivity index (χ1v) is 9.08. The minimum Gasteiger partial charge on any atom is -0.326 e. The Labute approximate surface area is 150 Å². The minimum atomic E-state index is -0.295. The van der Waals surface area contributed by atoms with Crippen molar-refractivity contribution in [1.82, 2.24) is 14.8 Å². The Balaban J connectivity index is 1.60. The summed E-state index contributed by atoms with van der Waals surface area (Å²) in [6.07, 6.45) is 2.29. The Morgan fingerprint density at radius 3 is 2.32 bits per heavy atom. The quantitative estimate of drug-likeness (QED) is 0.774. The zero-order chi connectivity index (χ0) is 18.0. The molecule has 3 rings (SSSR count). The van der Waals surface area contributed by atoms with Crippen LogP contribution >= 0.6 is 11.8 Å². The van der Waals surface area contributed by atoms with Crippen molar-refractivity contribution >= 4 is 35.0 Å². The van der Waals surface area contributed by atoms with Crippen molar-refractivity contribution in [2.45, 2.75) is 50.1 Å². The maximum atomic E-state index is 12.4. The van der Waals surface area contributed by atoms with Crippen LogP contribution in [0.25, 0.3) is 0 Å². The van der Waals surface area contributed by atoms with Gasteiger partial charge in [0.05, 0.1) is 5.25 Å². The average Bonchev–Trinajstić information content (AvgIpc) is 3.33. The topological polar surface area (TPSA) is 88.9 Å². The maximum absolute atomic E-state index is 12.4. The smallest absolute Gasteiger partial charge is 0.237 e. The number of thioether (sulfide) groups is 1. The van der Waals surface area contributed by atoms with Gasteiger partial charge < -0.3 is 15.2 Å². The van der Waals surface area contributed by atoms with Crippen molar-refractivity contribution in [1.29, 1.82) is 0 Å². The van der Waals surface area contributed by atoms with Crippen LogP contribution in [0.4, 0.5) is 11.4 Å². The fourth-order valence-electron chi connectivity index (χ4n) is 2.48. The second-order valence-corrected chi connectivity index (χ2v) is 7.45. The number of hydrogen-bond donors (Lipinski definition) is 2. The van der Waals surface area contributed by atoms with Crippen LogP contribution in [0.15, 0.2) is 29.4 Å². The van der Waals surface area contributed by atoms with Crippen molar-refractivity contribution in [3.05, 3.63) is 30.1 Å². The highest BCUT2D eigenvalue weighted by atomic mass is 32.2. The first-order chi connectivity index (χ1) is 11.9. The fraction of sp³-hybridized carbons (Fsp3) is 0.412. The van der Waals surface area contributed by atoms with Gasteiger partial charge in [0, 0.05) is 24.3 Å². The highest BCUT2D eigenvalue weighted by molar-refractivity contribution is 8.00. The summed E-state index contributed by atoms with van der Waals surface area (Å²) in [5.41, 5.74) is 1.38. The third-order valence-electron chi connectivity index (χ3n) is 3.87. The molecule has 0 bridgehead atoms. The van der Waals surface area contributed by atoms with E-state index in [1.807, 2.05) is 13.8 Å². The fourth-order valence-corrected chi connectivity index (χ4v) is 3.44. The number of aryl methyl sites for hydroxylation is 1. The van der Waals surface area contributed by atoms with Crippen LogP contribution in [-0.2, 0) is 9.59 Å². The lowest BCUT2D eigenvalue weighted by atomic mass is 10.2. The summed E-state index contributed by atoms with van der Waals surface area (Å²) in [4.78, 5) is 23.4. The third-order valence-corrected chi connectivity index (χ3v) is 4.93. The van der Waals surface area contributed by atoms with E-state index >= 15 is 0 Å². The lowest BCUT2D eigenvalue weighted by molar-refractivity contribution is -0.115. The van der Waals surface area contributed by atoms with E-state index < -0.39 is 0 Å². The van der Waals surface area contributed by atoms with Crippen LogP contribution in [0, 0.1) is 6.92 Å². The Kier molecular flexibility index (Phi) is 5.08. The monoisotopic (exact) mass is 359 g/mol. The van der Waals surface area contributed by atoms with Gasteiger partial charge in [-0.05, 0) is 51.0 Å². The molecule has 25 heavy (non-hydrogen) atoms. The zero-order valence-electron chi connectivity index (χ0n) is 14.4. The number of aromatic nitrogens is 3. The normalized spacial score (nSPS) is 14.8. The predicted octanol–water partition coefficient (Wildman–Crippen LogP) is 3.00. The van der Waals surface area contributed by atoms with Gasteiger partial charge in [-0.25, -0.2) is 0 Å². The largest absolute Gasteiger partial charge is 0.326 e. The third kappa shape index (κ3) is 4.39. The molecule has 0 saturated heterocycles. The molecule has 1 aromatic carbocycles. The van der Waals surface area contributed by atoms with Crippen LogP contribution < -0.4 is 10.6 Å². The summed E-state index contributed by atoms with van der Waals surface area (Å²) >= 11 is 1.42. The van der Waals surface area contributed by atoms with E-state index in [1.165, 1.54) is 18.7 Å². The minimum absolute atomic E-state index is 0.0970. The molecule has 132 valence electrons. The lowest BCUT2D eigenvalue weighted by Crippen LogP contribution is -2.23. The summed E-state index contributed by atoms with van der Waals surface area (Å²) in [6.45, 7) is 5.25. The summed E-state index contributed by atoms with van der Waals surface area (Å²) in [5, 5.41) is 14.4. The molecule has 1 saturated carbocycles. The Morgan fingerprint density at radius 2 is 1.76 bits per heavy atom. The second-order valence-electron chi connectivity index (χ2n) is 6.14. The van der Waals surface area contributed by atoms with E-state index in [0.29, 0.717) is 17.4 Å². The van der Waals surface area contributed by atoms with Gasteiger partial charge in [-0.1, -0.05) is 11.8 Å². The van der Waals surface area contributed by atoms with Gasteiger partial charge in [0.2, 0.25) is 11.8 Å². The van der Waals surface area contributed by atoms with Gasteiger partial charge in [0.25, 0.3) is 0 Å². The van der Waals surface area contributed by atoms with E-state index in [4.69, 9.17) is 0 Å². The van der Waals surface area contributed by atoms with E-state index in [2.05, 4.69) is 25.4 Å². The molecule has 1 aliphatic rings.